The second-order valence-corrected chi connectivity index (χ2v) is 7.33. The lowest BCUT2D eigenvalue weighted by Gasteiger charge is -2.36. The third-order valence-electron chi connectivity index (χ3n) is 4.27. The third kappa shape index (κ3) is 4.53. The molecule has 0 saturated carbocycles. The van der Waals surface area contributed by atoms with Gasteiger partial charge in [-0.05, 0) is 25.0 Å². The second kappa shape index (κ2) is 7.11. The number of carbonyl (C=O) groups is 2. The number of hydrogen-bond acceptors (Lipinski definition) is 3. The van der Waals surface area contributed by atoms with E-state index in [4.69, 9.17) is 0 Å². The van der Waals surface area contributed by atoms with Gasteiger partial charge in [0.1, 0.15) is 0 Å². The van der Waals surface area contributed by atoms with E-state index >= 15 is 0 Å². The lowest BCUT2D eigenvalue weighted by molar-refractivity contribution is -0.144. The van der Waals surface area contributed by atoms with Crippen molar-refractivity contribution < 1.29 is 9.59 Å². The first-order valence-electron chi connectivity index (χ1n) is 8.23. The van der Waals surface area contributed by atoms with Gasteiger partial charge < -0.3 is 9.80 Å². The van der Waals surface area contributed by atoms with Crippen LogP contribution in [0.4, 0.5) is 0 Å². The lowest BCUT2D eigenvalue weighted by Crippen LogP contribution is -2.46. The molecule has 0 spiro atoms. The maximum atomic E-state index is 12.6. The van der Waals surface area contributed by atoms with Crippen LogP contribution in [0.15, 0.2) is 24.4 Å². The predicted molar refractivity (Wildman–Crippen MR) is 89.5 cm³/mol. The molecule has 5 nitrogen and oxygen atoms in total. The standard InChI is InChI=1S/C18H27N3O2/c1-18(2,3)17(23)21-11-8-14(9-12-21)16(22)20(4)13-15-7-5-6-10-19-15/h5-7,10,14H,8-9,11-13H2,1-4H3. The number of amides is 2. The molecule has 0 atom stereocenters. The van der Waals surface area contributed by atoms with Crippen LogP contribution in [0.2, 0.25) is 0 Å². The molecular weight excluding hydrogens is 290 g/mol. The molecule has 0 unspecified atom stereocenters. The third-order valence-corrected chi connectivity index (χ3v) is 4.27. The fourth-order valence-corrected chi connectivity index (χ4v) is 2.93. The molecule has 1 aliphatic rings. The van der Waals surface area contributed by atoms with Crippen molar-refractivity contribution in [3.63, 3.8) is 0 Å². The second-order valence-electron chi connectivity index (χ2n) is 7.33. The minimum absolute atomic E-state index is 0.00716. The largest absolute Gasteiger partial charge is 0.342 e. The van der Waals surface area contributed by atoms with Gasteiger partial charge in [-0.25, -0.2) is 0 Å². The minimum atomic E-state index is -0.355. The molecule has 1 aromatic rings. The summed E-state index contributed by atoms with van der Waals surface area (Å²) < 4.78 is 0. The van der Waals surface area contributed by atoms with Gasteiger partial charge in [0.05, 0.1) is 12.2 Å². The summed E-state index contributed by atoms with van der Waals surface area (Å²) in [6.07, 6.45) is 3.23. The lowest BCUT2D eigenvalue weighted by atomic mass is 9.90. The number of aromatic nitrogens is 1. The van der Waals surface area contributed by atoms with Crippen molar-refractivity contribution in [1.29, 1.82) is 0 Å². The molecule has 126 valence electrons. The molecule has 2 amide bonds. The Morgan fingerprint density at radius 2 is 1.91 bits per heavy atom. The van der Waals surface area contributed by atoms with E-state index in [1.54, 1.807) is 11.1 Å². The van der Waals surface area contributed by atoms with Crippen molar-refractivity contribution in [2.75, 3.05) is 20.1 Å². The van der Waals surface area contributed by atoms with Crippen molar-refractivity contribution >= 4 is 11.8 Å². The van der Waals surface area contributed by atoms with Crippen LogP contribution in [0, 0.1) is 11.3 Å². The van der Waals surface area contributed by atoms with Crippen molar-refractivity contribution in [2.24, 2.45) is 11.3 Å². The fourth-order valence-electron chi connectivity index (χ4n) is 2.93. The Morgan fingerprint density at radius 3 is 2.43 bits per heavy atom. The van der Waals surface area contributed by atoms with E-state index in [-0.39, 0.29) is 23.1 Å². The molecule has 1 saturated heterocycles. The molecule has 1 aromatic heterocycles. The Labute approximate surface area is 138 Å². The summed E-state index contributed by atoms with van der Waals surface area (Å²) in [6.45, 7) is 7.68. The molecule has 0 N–H and O–H groups in total. The number of carbonyl (C=O) groups excluding carboxylic acids is 2. The quantitative estimate of drug-likeness (QED) is 0.860. The van der Waals surface area contributed by atoms with E-state index in [0.717, 1.165) is 18.5 Å². The Kier molecular flexibility index (Phi) is 5.39. The monoisotopic (exact) mass is 317 g/mol. The number of nitrogens with zero attached hydrogens (tertiary/aromatic N) is 3. The number of likely N-dealkylation sites (tertiary alicyclic amines) is 1. The van der Waals surface area contributed by atoms with Gasteiger partial charge in [-0.15, -0.1) is 0 Å². The molecule has 2 rings (SSSR count). The molecule has 1 fully saturated rings. The van der Waals surface area contributed by atoms with Gasteiger partial charge in [0.15, 0.2) is 0 Å². The minimum Gasteiger partial charge on any atom is -0.342 e. The van der Waals surface area contributed by atoms with Crippen LogP contribution < -0.4 is 0 Å². The van der Waals surface area contributed by atoms with E-state index in [9.17, 15) is 9.59 Å². The van der Waals surface area contributed by atoms with Crippen molar-refractivity contribution in [2.45, 2.75) is 40.2 Å². The van der Waals surface area contributed by atoms with Crippen molar-refractivity contribution in [3.05, 3.63) is 30.1 Å². The molecule has 1 aliphatic heterocycles. The van der Waals surface area contributed by atoms with Crippen LogP contribution in [0.5, 0.6) is 0 Å². The molecule has 0 bridgehead atoms. The summed E-state index contributed by atoms with van der Waals surface area (Å²) in [5.41, 5.74) is 0.538. The van der Waals surface area contributed by atoms with Crippen molar-refractivity contribution in [1.82, 2.24) is 14.8 Å². The van der Waals surface area contributed by atoms with Crippen LogP contribution in [0.1, 0.15) is 39.3 Å². The smallest absolute Gasteiger partial charge is 0.227 e. The summed E-state index contributed by atoms with van der Waals surface area (Å²) in [7, 11) is 1.82. The van der Waals surface area contributed by atoms with E-state index < -0.39 is 0 Å². The van der Waals surface area contributed by atoms with Gasteiger partial charge >= 0.3 is 0 Å². The number of rotatable bonds is 3. The molecular formula is C18H27N3O2. The zero-order chi connectivity index (χ0) is 17.0. The first kappa shape index (κ1) is 17.4. The highest BCUT2D eigenvalue weighted by molar-refractivity contribution is 5.82. The topological polar surface area (TPSA) is 53.5 Å². The molecule has 0 aliphatic carbocycles. The zero-order valence-corrected chi connectivity index (χ0v) is 14.6. The summed E-state index contributed by atoms with van der Waals surface area (Å²) >= 11 is 0. The molecule has 5 heteroatoms. The highest BCUT2D eigenvalue weighted by Gasteiger charge is 2.33. The normalized spacial score (nSPS) is 16.3. The maximum Gasteiger partial charge on any atom is 0.227 e. The van der Waals surface area contributed by atoms with Gasteiger partial charge in [-0.2, -0.15) is 0 Å². The van der Waals surface area contributed by atoms with Gasteiger partial charge in [0.25, 0.3) is 0 Å². The average Bonchev–Trinajstić information content (AvgIpc) is 2.53. The molecule has 23 heavy (non-hydrogen) atoms. The van der Waals surface area contributed by atoms with Crippen LogP contribution >= 0.6 is 0 Å². The van der Waals surface area contributed by atoms with E-state index in [0.29, 0.717) is 19.6 Å². The van der Waals surface area contributed by atoms with E-state index in [1.165, 1.54) is 0 Å². The van der Waals surface area contributed by atoms with Crippen LogP contribution in [-0.2, 0) is 16.1 Å². The average molecular weight is 317 g/mol. The highest BCUT2D eigenvalue weighted by atomic mass is 16.2. The summed E-state index contributed by atoms with van der Waals surface area (Å²) in [5.74, 6) is 0.330. The predicted octanol–water partition coefficient (Wildman–Crippen LogP) is 2.32. The Bertz CT molecular complexity index is 543. The van der Waals surface area contributed by atoms with Gasteiger partial charge in [-0.3, -0.25) is 14.6 Å². The van der Waals surface area contributed by atoms with Gasteiger partial charge in [-0.1, -0.05) is 26.8 Å². The Hall–Kier alpha value is -1.91. The van der Waals surface area contributed by atoms with Gasteiger partial charge in [0.2, 0.25) is 11.8 Å². The van der Waals surface area contributed by atoms with Crippen LogP contribution in [0.3, 0.4) is 0 Å². The Balaban J connectivity index is 1.87. The number of hydrogen-bond donors (Lipinski definition) is 0. The molecule has 2 heterocycles. The molecule has 0 aromatic carbocycles. The first-order chi connectivity index (χ1) is 10.8. The maximum absolute atomic E-state index is 12.6. The van der Waals surface area contributed by atoms with E-state index in [1.807, 2.05) is 50.9 Å². The number of piperidine rings is 1. The van der Waals surface area contributed by atoms with Crippen LogP contribution in [-0.4, -0.2) is 46.7 Å². The summed E-state index contributed by atoms with van der Waals surface area (Å²) in [5, 5.41) is 0. The Morgan fingerprint density at radius 1 is 1.26 bits per heavy atom. The SMILES string of the molecule is CN(Cc1ccccn1)C(=O)C1CCN(C(=O)C(C)(C)C)CC1. The van der Waals surface area contributed by atoms with Crippen molar-refractivity contribution in [3.8, 4) is 0 Å². The molecule has 0 radical (unpaired) electrons. The highest BCUT2D eigenvalue weighted by Crippen LogP contribution is 2.24. The zero-order valence-electron chi connectivity index (χ0n) is 14.6. The fraction of sp³-hybridized carbons (Fsp3) is 0.611. The van der Waals surface area contributed by atoms with E-state index in [2.05, 4.69) is 4.98 Å². The number of pyridine rings is 1. The van der Waals surface area contributed by atoms with Crippen LogP contribution in [0.25, 0.3) is 0 Å². The summed E-state index contributed by atoms with van der Waals surface area (Å²) in [6, 6.07) is 5.72. The summed E-state index contributed by atoms with van der Waals surface area (Å²) in [4.78, 5) is 32.8. The van der Waals surface area contributed by atoms with Gasteiger partial charge in [0, 0.05) is 37.7 Å². The first-order valence-corrected chi connectivity index (χ1v) is 8.23.